The molecule has 162 valence electrons. The van der Waals surface area contributed by atoms with E-state index in [0.29, 0.717) is 24.8 Å². The smallest absolute Gasteiger partial charge is 0.410 e. The van der Waals surface area contributed by atoms with Crippen LogP contribution in [0.3, 0.4) is 0 Å². The fourth-order valence-corrected chi connectivity index (χ4v) is 5.86. The molecule has 2 unspecified atom stereocenters. The fraction of sp³-hybridized carbons (Fsp3) is 0.500. The third-order valence-corrected chi connectivity index (χ3v) is 7.44. The summed E-state index contributed by atoms with van der Waals surface area (Å²) in [6.45, 7) is 3.58. The predicted molar refractivity (Wildman–Crippen MR) is 118 cm³/mol. The second kappa shape index (κ2) is 9.61. The number of rotatable bonds is 6. The number of ketones is 1. The van der Waals surface area contributed by atoms with Gasteiger partial charge in [-0.15, -0.1) is 11.3 Å². The second-order valence-corrected chi connectivity index (χ2v) is 9.65. The van der Waals surface area contributed by atoms with Crippen molar-refractivity contribution < 1.29 is 14.3 Å². The maximum absolute atomic E-state index is 12.7. The number of carbonyl (C=O) groups is 2. The van der Waals surface area contributed by atoms with E-state index in [1.807, 2.05) is 19.1 Å². The first-order valence-corrected chi connectivity index (χ1v) is 11.8. The molecule has 0 radical (unpaired) electrons. The highest BCUT2D eigenvalue weighted by atomic mass is 32.1. The number of likely N-dealkylation sites (tertiary alicyclic amines) is 1. The Kier molecular flexibility index (Phi) is 6.67. The molecule has 31 heavy (non-hydrogen) atoms. The Balaban J connectivity index is 1.40. The largest absolute Gasteiger partial charge is 0.446 e. The summed E-state index contributed by atoms with van der Waals surface area (Å²) in [5.74, 6) is 0.221. The van der Waals surface area contributed by atoms with E-state index in [1.54, 1.807) is 28.6 Å². The molecule has 0 bridgehead atoms. The normalized spacial score (nSPS) is 18.8. The van der Waals surface area contributed by atoms with Crippen LogP contribution in [-0.4, -0.2) is 41.0 Å². The molecule has 3 heterocycles. The number of Topliss-reactive ketones (excluding diaryl/α,β-unsaturated/α-hetero) is 1. The van der Waals surface area contributed by atoms with Crippen molar-refractivity contribution in [2.75, 3.05) is 13.1 Å². The molecule has 6 nitrogen and oxygen atoms in total. The molecule has 0 aromatic carbocycles. The van der Waals surface area contributed by atoms with Gasteiger partial charge in [-0.25, -0.2) is 4.79 Å². The second-order valence-electron chi connectivity index (χ2n) is 8.46. The molecule has 2 aromatic heterocycles. The Labute approximate surface area is 186 Å². The Bertz CT molecular complexity index is 989. The molecule has 0 N–H and O–H groups in total. The van der Waals surface area contributed by atoms with Gasteiger partial charge in [-0.2, -0.15) is 5.26 Å². The number of aromatic nitrogens is 1. The van der Waals surface area contributed by atoms with Crippen LogP contribution in [0.1, 0.15) is 65.0 Å². The van der Waals surface area contributed by atoms with E-state index in [0.717, 1.165) is 53.2 Å². The van der Waals surface area contributed by atoms with Crippen LogP contribution in [0.4, 0.5) is 4.79 Å². The Morgan fingerprint density at radius 1 is 1.39 bits per heavy atom. The van der Waals surface area contributed by atoms with Gasteiger partial charge in [0.05, 0.1) is 5.56 Å². The van der Waals surface area contributed by atoms with E-state index in [2.05, 4.69) is 11.1 Å². The molecule has 2 atom stereocenters. The molecule has 1 fully saturated rings. The number of thiophene rings is 1. The molecule has 0 saturated carbocycles. The van der Waals surface area contributed by atoms with Crippen LogP contribution in [-0.2, 0) is 28.8 Å². The Morgan fingerprint density at radius 3 is 2.90 bits per heavy atom. The first kappa shape index (κ1) is 21.5. The third-order valence-electron chi connectivity index (χ3n) is 6.18. The van der Waals surface area contributed by atoms with Crippen molar-refractivity contribution in [3.05, 3.63) is 51.0 Å². The topological polar surface area (TPSA) is 83.3 Å². The van der Waals surface area contributed by atoms with Crippen molar-refractivity contribution in [3.8, 4) is 6.07 Å². The van der Waals surface area contributed by atoms with Crippen LogP contribution in [0.5, 0.6) is 0 Å². The zero-order chi connectivity index (χ0) is 21.8. The van der Waals surface area contributed by atoms with Gasteiger partial charge in [0.1, 0.15) is 18.0 Å². The SMILES string of the molecule is CC(CC(=O)Cc1sc2c(c1C#N)CCC(OC(=O)N1CCCC1)C2)c1cccnc1. The lowest BCUT2D eigenvalue weighted by Crippen LogP contribution is -2.34. The summed E-state index contributed by atoms with van der Waals surface area (Å²) in [4.78, 5) is 32.9. The highest BCUT2D eigenvalue weighted by Gasteiger charge is 2.30. The zero-order valence-corrected chi connectivity index (χ0v) is 18.6. The number of ether oxygens (including phenoxy) is 1. The number of hydrogen-bond donors (Lipinski definition) is 0. The summed E-state index contributed by atoms with van der Waals surface area (Å²) in [5, 5.41) is 9.74. The summed E-state index contributed by atoms with van der Waals surface area (Å²) in [6.07, 6.45) is 8.01. The van der Waals surface area contributed by atoms with Gasteiger partial charge in [0, 0.05) is 54.5 Å². The van der Waals surface area contributed by atoms with E-state index in [-0.39, 0.29) is 30.3 Å². The van der Waals surface area contributed by atoms with Crippen molar-refractivity contribution in [1.29, 1.82) is 5.26 Å². The van der Waals surface area contributed by atoms with Gasteiger partial charge in [0.25, 0.3) is 0 Å². The van der Waals surface area contributed by atoms with Gasteiger partial charge in [0.15, 0.2) is 0 Å². The molecule has 4 rings (SSSR count). The number of carbonyl (C=O) groups excluding carboxylic acids is 2. The molecular formula is C24H27N3O3S. The van der Waals surface area contributed by atoms with Gasteiger partial charge in [-0.05, 0) is 48.8 Å². The minimum atomic E-state index is -0.220. The minimum Gasteiger partial charge on any atom is -0.446 e. The lowest BCUT2D eigenvalue weighted by Gasteiger charge is -2.25. The van der Waals surface area contributed by atoms with E-state index in [9.17, 15) is 14.9 Å². The van der Waals surface area contributed by atoms with Crippen LogP contribution in [0, 0.1) is 11.3 Å². The molecule has 1 aliphatic heterocycles. The summed E-state index contributed by atoms with van der Waals surface area (Å²) in [5.41, 5.74) is 2.75. The molecule has 1 saturated heterocycles. The summed E-state index contributed by atoms with van der Waals surface area (Å²) in [7, 11) is 0. The van der Waals surface area contributed by atoms with E-state index >= 15 is 0 Å². The van der Waals surface area contributed by atoms with Gasteiger partial charge in [-0.3, -0.25) is 9.78 Å². The lowest BCUT2D eigenvalue weighted by molar-refractivity contribution is -0.118. The number of amides is 1. The number of fused-ring (bicyclic) bond motifs is 1. The molecular weight excluding hydrogens is 410 g/mol. The van der Waals surface area contributed by atoms with Gasteiger partial charge < -0.3 is 9.64 Å². The highest BCUT2D eigenvalue weighted by Crippen LogP contribution is 2.36. The van der Waals surface area contributed by atoms with Gasteiger partial charge >= 0.3 is 6.09 Å². The van der Waals surface area contributed by atoms with Crippen LogP contribution in [0.15, 0.2) is 24.5 Å². The zero-order valence-electron chi connectivity index (χ0n) is 17.8. The first-order chi connectivity index (χ1) is 15.0. The van der Waals surface area contributed by atoms with Gasteiger partial charge in [0.2, 0.25) is 0 Å². The fourth-order valence-electron chi connectivity index (χ4n) is 4.46. The van der Waals surface area contributed by atoms with Crippen molar-refractivity contribution in [3.63, 3.8) is 0 Å². The van der Waals surface area contributed by atoms with Crippen molar-refractivity contribution >= 4 is 23.2 Å². The number of nitriles is 1. The molecule has 2 aliphatic rings. The van der Waals surface area contributed by atoms with Crippen molar-refractivity contribution in [2.24, 2.45) is 0 Å². The van der Waals surface area contributed by atoms with Crippen LogP contribution in [0.2, 0.25) is 0 Å². The monoisotopic (exact) mass is 437 g/mol. The number of nitrogens with zero attached hydrogens (tertiary/aromatic N) is 3. The van der Waals surface area contributed by atoms with Crippen molar-refractivity contribution in [1.82, 2.24) is 9.88 Å². The molecule has 1 aliphatic carbocycles. The summed E-state index contributed by atoms with van der Waals surface area (Å²) in [6, 6.07) is 6.19. The first-order valence-electron chi connectivity index (χ1n) is 11.0. The standard InChI is InChI=1S/C24H27N3O3S/c1-16(17-5-4-8-26-15-17)11-18(28)12-22-21(14-25)20-7-6-19(13-23(20)31-22)30-24(29)27-9-2-3-10-27/h4-5,8,15-16,19H,2-3,6-7,9-13H2,1H3. The average molecular weight is 438 g/mol. The molecule has 1 amide bonds. The average Bonchev–Trinajstić information content (AvgIpc) is 3.41. The van der Waals surface area contributed by atoms with Crippen LogP contribution in [0.25, 0.3) is 0 Å². The molecule has 2 aromatic rings. The number of hydrogen-bond acceptors (Lipinski definition) is 6. The Hall–Kier alpha value is -2.72. The summed E-state index contributed by atoms with van der Waals surface area (Å²) < 4.78 is 5.74. The van der Waals surface area contributed by atoms with Crippen LogP contribution < -0.4 is 0 Å². The lowest BCUT2D eigenvalue weighted by atomic mass is 9.91. The summed E-state index contributed by atoms with van der Waals surface area (Å²) >= 11 is 1.54. The number of pyridine rings is 1. The van der Waals surface area contributed by atoms with E-state index in [1.165, 1.54) is 0 Å². The highest BCUT2D eigenvalue weighted by molar-refractivity contribution is 7.12. The maximum Gasteiger partial charge on any atom is 0.410 e. The third kappa shape index (κ3) is 4.96. The van der Waals surface area contributed by atoms with E-state index in [4.69, 9.17) is 4.74 Å². The van der Waals surface area contributed by atoms with Gasteiger partial charge in [-0.1, -0.05) is 13.0 Å². The maximum atomic E-state index is 12.7. The Morgan fingerprint density at radius 2 is 2.19 bits per heavy atom. The minimum absolute atomic E-state index is 0.0932. The quantitative estimate of drug-likeness (QED) is 0.668. The van der Waals surface area contributed by atoms with E-state index < -0.39 is 0 Å². The predicted octanol–water partition coefficient (Wildman–Crippen LogP) is 4.41. The van der Waals surface area contributed by atoms with Crippen molar-refractivity contribution in [2.45, 2.75) is 63.9 Å². The van der Waals surface area contributed by atoms with Crippen LogP contribution >= 0.6 is 11.3 Å². The molecule has 7 heteroatoms. The molecule has 0 spiro atoms.